The Kier molecular flexibility index (Phi) is 5.23. The zero-order valence-corrected chi connectivity index (χ0v) is 14.6. The van der Waals surface area contributed by atoms with E-state index in [0.717, 1.165) is 11.1 Å². The fourth-order valence-electron chi connectivity index (χ4n) is 2.67. The first-order valence-electron chi connectivity index (χ1n) is 8.15. The van der Waals surface area contributed by atoms with Gasteiger partial charge in [-0.1, -0.05) is 30.3 Å². The molecule has 2 aromatic carbocycles. The molecule has 1 aromatic heterocycles. The van der Waals surface area contributed by atoms with Crippen molar-refractivity contribution >= 4 is 17.6 Å². The third-order valence-electron chi connectivity index (χ3n) is 3.81. The van der Waals surface area contributed by atoms with E-state index in [2.05, 4.69) is 10.4 Å². The Morgan fingerprint density at radius 2 is 1.96 bits per heavy atom. The molecular formula is C19H16N6O3. The molecule has 3 aromatic rings. The van der Waals surface area contributed by atoms with Gasteiger partial charge in [-0.05, 0) is 23.8 Å². The summed E-state index contributed by atoms with van der Waals surface area (Å²) in [6, 6.07) is 15.7. The number of aromatic nitrogens is 2. The van der Waals surface area contributed by atoms with Gasteiger partial charge in [-0.3, -0.25) is 4.79 Å². The van der Waals surface area contributed by atoms with E-state index in [1.807, 2.05) is 36.4 Å². The van der Waals surface area contributed by atoms with E-state index in [1.54, 1.807) is 18.2 Å². The lowest BCUT2D eigenvalue weighted by atomic mass is 10.0. The predicted octanol–water partition coefficient (Wildman–Crippen LogP) is 2.03. The van der Waals surface area contributed by atoms with Crippen LogP contribution in [0.3, 0.4) is 0 Å². The molecule has 140 valence electrons. The van der Waals surface area contributed by atoms with Crippen molar-refractivity contribution in [3.05, 3.63) is 60.4 Å². The predicted molar refractivity (Wildman–Crippen MR) is 102 cm³/mol. The number of urea groups is 1. The molecule has 3 rings (SSSR count). The first-order valence-corrected chi connectivity index (χ1v) is 8.15. The number of nitrogens with two attached hydrogens (primary N) is 2. The summed E-state index contributed by atoms with van der Waals surface area (Å²) in [5.74, 6) is -0.232. The van der Waals surface area contributed by atoms with Gasteiger partial charge < -0.3 is 21.5 Å². The van der Waals surface area contributed by atoms with Gasteiger partial charge in [0.05, 0.1) is 17.6 Å². The van der Waals surface area contributed by atoms with Crippen molar-refractivity contribution in [3.8, 4) is 28.6 Å². The Balaban J connectivity index is 2.03. The molecule has 0 aliphatic carbocycles. The molecule has 9 nitrogen and oxygen atoms in total. The molecule has 0 unspecified atom stereocenters. The summed E-state index contributed by atoms with van der Waals surface area (Å²) in [5, 5.41) is 15.2. The maximum absolute atomic E-state index is 11.6. The largest absolute Gasteiger partial charge is 0.478 e. The monoisotopic (exact) mass is 376 g/mol. The lowest BCUT2D eigenvalue weighted by Crippen LogP contribution is -2.22. The molecule has 0 spiro atoms. The minimum absolute atomic E-state index is 0.0695. The lowest BCUT2D eigenvalue weighted by Gasteiger charge is -2.10. The molecule has 0 atom stereocenters. The highest BCUT2D eigenvalue weighted by molar-refractivity contribution is 6.00. The molecular weight excluding hydrogens is 360 g/mol. The van der Waals surface area contributed by atoms with Crippen molar-refractivity contribution in [1.82, 2.24) is 9.78 Å². The van der Waals surface area contributed by atoms with Crippen molar-refractivity contribution in [1.29, 1.82) is 5.26 Å². The Hall–Kier alpha value is -4.32. The topological polar surface area (TPSA) is 149 Å². The maximum Gasteiger partial charge on any atom is 0.316 e. The van der Waals surface area contributed by atoms with Gasteiger partial charge in [-0.2, -0.15) is 10.4 Å². The van der Waals surface area contributed by atoms with Crippen LogP contribution in [0, 0.1) is 11.3 Å². The first-order chi connectivity index (χ1) is 13.5. The number of carbonyl (C=O) groups is 2. The van der Waals surface area contributed by atoms with Crippen LogP contribution in [0.4, 0.5) is 10.5 Å². The highest BCUT2D eigenvalue weighted by atomic mass is 16.5. The number of benzene rings is 2. The van der Waals surface area contributed by atoms with Crippen molar-refractivity contribution < 1.29 is 14.3 Å². The number of nitriles is 1. The Morgan fingerprint density at radius 1 is 1.18 bits per heavy atom. The molecule has 9 heteroatoms. The van der Waals surface area contributed by atoms with E-state index < -0.39 is 11.9 Å². The SMILES string of the molecule is N#CCOc1ccccc1-c1cccc(-n2cc(NC(N)=O)c(C(N)=O)n2)c1. The quantitative estimate of drug-likeness (QED) is 0.602. The molecule has 0 aliphatic rings. The summed E-state index contributed by atoms with van der Waals surface area (Å²) in [4.78, 5) is 22.7. The maximum atomic E-state index is 11.6. The van der Waals surface area contributed by atoms with Crippen LogP contribution in [0.1, 0.15) is 10.5 Å². The number of carbonyl (C=O) groups excluding carboxylic acids is 2. The fraction of sp³-hybridized carbons (Fsp3) is 0.0526. The molecule has 0 saturated heterocycles. The number of anilines is 1. The van der Waals surface area contributed by atoms with E-state index in [1.165, 1.54) is 10.9 Å². The van der Waals surface area contributed by atoms with E-state index in [4.69, 9.17) is 21.5 Å². The Morgan fingerprint density at radius 3 is 2.68 bits per heavy atom. The number of primary amides is 2. The zero-order valence-electron chi connectivity index (χ0n) is 14.6. The first kappa shape index (κ1) is 18.5. The van der Waals surface area contributed by atoms with Gasteiger partial charge in [-0.15, -0.1) is 0 Å². The summed E-state index contributed by atoms with van der Waals surface area (Å²) < 4.78 is 6.89. The van der Waals surface area contributed by atoms with Gasteiger partial charge in [0.1, 0.15) is 11.8 Å². The van der Waals surface area contributed by atoms with Crippen molar-refractivity contribution in [3.63, 3.8) is 0 Å². The molecule has 0 aliphatic heterocycles. The van der Waals surface area contributed by atoms with Crippen LogP contribution < -0.4 is 21.5 Å². The molecule has 0 radical (unpaired) electrons. The van der Waals surface area contributed by atoms with E-state index >= 15 is 0 Å². The van der Waals surface area contributed by atoms with Crippen molar-refractivity contribution in [2.24, 2.45) is 11.5 Å². The van der Waals surface area contributed by atoms with Crippen LogP contribution in [0.2, 0.25) is 0 Å². The molecule has 28 heavy (non-hydrogen) atoms. The van der Waals surface area contributed by atoms with Gasteiger partial charge in [0.15, 0.2) is 12.3 Å². The van der Waals surface area contributed by atoms with Crippen LogP contribution in [0.15, 0.2) is 54.7 Å². The van der Waals surface area contributed by atoms with Crippen LogP contribution in [-0.2, 0) is 0 Å². The number of nitrogens with one attached hydrogen (secondary N) is 1. The normalized spacial score (nSPS) is 10.1. The summed E-state index contributed by atoms with van der Waals surface area (Å²) >= 11 is 0. The van der Waals surface area contributed by atoms with Gasteiger partial charge in [0.2, 0.25) is 0 Å². The van der Waals surface area contributed by atoms with Crippen LogP contribution in [0.5, 0.6) is 5.75 Å². The van der Waals surface area contributed by atoms with Gasteiger partial charge >= 0.3 is 6.03 Å². The molecule has 0 fully saturated rings. The van der Waals surface area contributed by atoms with E-state index in [9.17, 15) is 9.59 Å². The smallest absolute Gasteiger partial charge is 0.316 e. The molecule has 1 heterocycles. The number of hydrogen-bond acceptors (Lipinski definition) is 5. The number of para-hydroxylation sites is 1. The van der Waals surface area contributed by atoms with E-state index in [-0.39, 0.29) is 18.0 Å². The summed E-state index contributed by atoms with van der Waals surface area (Å²) in [6.07, 6.45) is 1.45. The second-order valence-electron chi connectivity index (χ2n) is 5.68. The van der Waals surface area contributed by atoms with Gasteiger partial charge in [-0.25, -0.2) is 9.48 Å². The summed E-state index contributed by atoms with van der Waals surface area (Å²) in [5.41, 5.74) is 12.7. The van der Waals surface area contributed by atoms with Gasteiger partial charge in [0.25, 0.3) is 5.91 Å². The average molecular weight is 376 g/mol. The number of ether oxygens (including phenoxy) is 1. The standard InChI is InChI=1S/C19H16N6O3/c20-8-9-28-16-7-2-1-6-14(16)12-4-3-5-13(10-12)25-11-15(23-19(22)27)17(24-25)18(21)26/h1-7,10-11H,9H2,(H2,21,26)(H3,22,23,27). The van der Waals surface area contributed by atoms with Crippen LogP contribution in [0.25, 0.3) is 16.8 Å². The van der Waals surface area contributed by atoms with Crippen LogP contribution >= 0.6 is 0 Å². The summed E-state index contributed by atoms with van der Waals surface area (Å²) in [7, 11) is 0. The number of rotatable bonds is 6. The molecule has 0 saturated carbocycles. The third kappa shape index (κ3) is 3.91. The van der Waals surface area contributed by atoms with E-state index in [0.29, 0.717) is 11.4 Å². The number of amides is 3. The minimum atomic E-state index is -0.834. The zero-order chi connectivity index (χ0) is 20.1. The molecule has 5 N–H and O–H groups in total. The Bertz CT molecular complexity index is 1080. The number of hydrogen-bond donors (Lipinski definition) is 3. The third-order valence-corrected chi connectivity index (χ3v) is 3.81. The average Bonchev–Trinajstić information content (AvgIpc) is 3.10. The highest BCUT2D eigenvalue weighted by Crippen LogP contribution is 2.31. The van der Waals surface area contributed by atoms with Crippen molar-refractivity contribution in [2.75, 3.05) is 11.9 Å². The second kappa shape index (κ2) is 7.92. The van der Waals surface area contributed by atoms with Crippen LogP contribution in [-0.4, -0.2) is 28.3 Å². The second-order valence-corrected chi connectivity index (χ2v) is 5.68. The van der Waals surface area contributed by atoms with Crippen molar-refractivity contribution in [2.45, 2.75) is 0 Å². The highest BCUT2D eigenvalue weighted by Gasteiger charge is 2.16. The molecule has 3 amide bonds. The van der Waals surface area contributed by atoms with Gasteiger partial charge in [0, 0.05) is 5.56 Å². The Labute approximate surface area is 160 Å². The fourth-order valence-corrected chi connectivity index (χ4v) is 2.67. The lowest BCUT2D eigenvalue weighted by molar-refractivity contribution is 0.0996. The minimum Gasteiger partial charge on any atom is -0.478 e. The molecule has 0 bridgehead atoms. The summed E-state index contributed by atoms with van der Waals surface area (Å²) in [6.45, 7) is -0.0695. The number of nitrogens with zero attached hydrogens (tertiary/aromatic N) is 3.